The van der Waals surface area contributed by atoms with Gasteiger partial charge in [-0.2, -0.15) is 4.98 Å². The normalized spacial score (nSPS) is 14.2. The van der Waals surface area contributed by atoms with Crippen molar-refractivity contribution in [2.24, 2.45) is 0 Å². The summed E-state index contributed by atoms with van der Waals surface area (Å²) in [7, 11) is 0. The molecule has 0 radical (unpaired) electrons. The second-order valence-corrected chi connectivity index (χ2v) is 3.67. The van der Waals surface area contributed by atoms with Gasteiger partial charge < -0.3 is 14.9 Å². The lowest BCUT2D eigenvalue weighted by Gasteiger charge is -2.27. The standard InChI is InChI=1S/C8H15N3O2/c1-5(12)8(3,4)10-7-9-6(2)11-13-7/h5,12H,1-4H3,(H,9,10,11). The van der Waals surface area contributed by atoms with Crippen molar-refractivity contribution in [3.63, 3.8) is 0 Å². The lowest BCUT2D eigenvalue weighted by atomic mass is 9.99. The molecule has 0 aliphatic rings. The number of nitrogens with zero attached hydrogens (tertiary/aromatic N) is 2. The van der Waals surface area contributed by atoms with E-state index >= 15 is 0 Å². The first-order valence-electron chi connectivity index (χ1n) is 4.18. The first kappa shape index (κ1) is 9.98. The molecular formula is C8H15N3O2. The Labute approximate surface area is 77.2 Å². The fraction of sp³-hybridized carbons (Fsp3) is 0.750. The first-order chi connectivity index (χ1) is 5.92. The van der Waals surface area contributed by atoms with Gasteiger partial charge in [0.05, 0.1) is 11.6 Å². The highest BCUT2D eigenvalue weighted by molar-refractivity contribution is 5.24. The average molecular weight is 185 g/mol. The molecule has 0 spiro atoms. The monoisotopic (exact) mass is 185 g/mol. The van der Waals surface area contributed by atoms with E-state index in [9.17, 15) is 5.11 Å². The van der Waals surface area contributed by atoms with Crippen LogP contribution in [0.4, 0.5) is 6.01 Å². The van der Waals surface area contributed by atoms with Crippen LogP contribution in [0, 0.1) is 6.92 Å². The van der Waals surface area contributed by atoms with Crippen molar-refractivity contribution in [2.75, 3.05) is 5.32 Å². The van der Waals surface area contributed by atoms with Crippen molar-refractivity contribution >= 4 is 6.01 Å². The molecule has 2 N–H and O–H groups in total. The van der Waals surface area contributed by atoms with Crippen LogP contribution in [0.1, 0.15) is 26.6 Å². The summed E-state index contributed by atoms with van der Waals surface area (Å²) < 4.78 is 4.87. The van der Waals surface area contributed by atoms with Crippen LogP contribution in [0.25, 0.3) is 0 Å². The summed E-state index contributed by atoms with van der Waals surface area (Å²) in [6.45, 7) is 7.16. The second kappa shape index (κ2) is 3.33. The van der Waals surface area contributed by atoms with Gasteiger partial charge in [0.15, 0.2) is 5.82 Å². The molecule has 1 unspecified atom stereocenters. The van der Waals surface area contributed by atoms with Gasteiger partial charge in [0.25, 0.3) is 0 Å². The maximum atomic E-state index is 9.40. The SMILES string of the molecule is Cc1noc(NC(C)(C)C(C)O)n1. The molecule has 1 rings (SSSR count). The van der Waals surface area contributed by atoms with Crippen LogP contribution in [0.2, 0.25) is 0 Å². The van der Waals surface area contributed by atoms with Gasteiger partial charge in [0, 0.05) is 0 Å². The van der Waals surface area contributed by atoms with Crippen molar-refractivity contribution in [1.29, 1.82) is 0 Å². The summed E-state index contributed by atoms with van der Waals surface area (Å²) in [5.41, 5.74) is -0.473. The van der Waals surface area contributed by atoms with Gasteiger partial charge in [-0.05, 0) is 27.7 Å². The summed E-state index contributed by atoms with van der Waals surface area (Å²) >= 11 is 0. The average Bonchev–Trinajstić information content (AvgIpc) is 2.34. The molecule has 0 saturated carbocycles. The van der Waals surface area contributed by atoms with E-state index in [4.69, 9.17) is 4.52 Å². The van der Waals surface area contributed by atoms with Crippen LogP contribution in [0.3, 0.4) is 0 Å². The molecule has 0 fully saturated rings. The number of nitrogens with one attached hydrogen (secondary N) is 1. The first-order valence-corrected chi connectivity index (χ1v) is 4.18. The van der Waals surface area contributed by atoms with Gasteiger partial charge in [-0.15, -0.1) is 0 Å². The summed E-state index contributed by atoms with van der Waals surface area (Å²) in [5, 5.41) is 16.0. The third kappa shape index (κ3) is 2.42. The number of aliphatic hydroxyl groups excluding tert-OH is 1. The highest BCUT2D eigenvalue weighted by Crippen LogP contribution is 2.16. The molecule has 0 saturated heterocycles. The van der Waals surface area contributed by atoms with E-state index in [-0.39, 0.29) is 0 Å². The topological polar surface area (TPSA) is 71.2 Å². The van der Waals surface area contributed by atoms with Crippen LogP contribution >= 0.6 is 0 Å². The summed E-state index contributed by atoms with van der Waals surface area (Å²) in [5.74, 6) is 0.573. The zero-order chi connectivity index (χ0) is 10.1. The molecule has 0 bridgehead atoms. The highest BCUT2D eigenvalue weighted by Gasteiger charge is 2.25. The minimum atomic E-state index is -0.500. The molecule has 5 nitrogen and oxygen atoms in total. The van der Waals surface area contributed by atoms with E-state index in [0.29, 0.717) is 11.8 Å². The maximum Gasteiger partial charge on any atom is 0.321 e. The Morgan fingerprint density at radius 1 is 1.54 bits per heavy atom. The largest absolute Gasteiger partial charge is 0.391 e. The van der Waals surface area contributed by atoms with E-state index in [1.807, 2.05) is 13.8 Å². The quantitative estimate of drug-likeness (QED) is 0.733. The molecule has 0 aliphatic carbocycles. The highest BCUT2D eigenvalue weighted by atomic mass is 16.5. The van der Waals surface area contributed by atoms with E-state index < -0.39 is 11.6 Å². The summed E-state index contributed by atoms with van der Waals surface area (Å²) in [6, 6.07) is 0.336. The van der Waals surface area contributed by atoms with Crippen molar-refractivity contribution in [1.82, 2.24) is 10.1 Å². The van der Waals surface area contributed by atoms with E-state index in [1.54, 1.807) is 13.8 Å². The van der Waals surface area contributed by atoms with Crippen molar-refractivity contribution < 1.29 is 9.63 Å². The van der Waals surface area contributed by atoms with Crippen molar-refractivity contribution in [2.45, 2.75) is 39.3 Å². The van der Waals surface area contributed by atoms with Gasteiger partial charge in [-0.1, -0.05) is 5.16 Å². The van der Waals surface area contributed by atoms with Gasteiger partial charge >= 0.3 is 6.01 Å². The molecule has 0 aromatic carbocycles. The number of aryl methyl sites for hydroxylation is 1. The Kier molecular flexibility index (Phi) is 2.56. The summed E-state index contributed by atoms with van der Waals surface area (Å²) in [6.07, 6.45) is -0.500. The van der Waals surface area contributed by atoms with Crippen LogP contribution < -0.4 is 5.32 Å². The molecule has 1 aromatic heterocycles. The number of aromatic nitrogens is 2. The molecule has 0 aliphatic heterocycles. The summed E-state index contributed by atoms with van der Waals surface area (Å²) in [4.78, 5) is 3.98. The van der Waals surface area contributed by atoms with Crippen molar-refractivity contribution in [3.8, 4) is 0 Å². The molecule has 1 aromatic rings. The Hall–Kier alpha value is -1.10. The van der Waals surface area contributed by atoms with Crippen LogP contribution in [-0.2, 0) is 0 Å². The Bertz CT molecular complexity index is 281. The Morgan fingerprint density at radius 2 is 2.15 bits per heavy atom. The zero-order valence-electron chi connectivity index (χ0n) is 8.33. The van der Waals surface area contributed by atoms with Gasteiger partial charge in [0.1, 0.15) is 0 Å². The lowest BCUT2D eigenvalue weighted by molar-refractivity contribution is 0.131. The molecule has 1 heterocycles. The van der Waals surface area contributed by atoms with Crippen LogP contribution in [-0.4, -0.2) is 26.9 Å². The number of hydrogen-bond donors (Lipinski definition) is 2. The maximum absolute atomic E-state index is 9.40. The van der Waals surface area contributed by atoms with E-state index in [1.165, 1.54) is 0 Å². The predicted octanol–water partition coefficient (Wildman–Crippen LogP) is 0.949. The molecule has 5 heteroatoms. The van der Waals surface area contributed by atoms with E-state index in [2.05, 4.69) is 15.5 Å². The number of rotatable bonds is 3. The van der Waals surface area contributed by atoms with Crippen LogP contribution in [0.5, 0.6) is 0 Å². The fourth-order valence-corrected chi connectivity index (χ4v) is 0.728. The minimum Gasteiger partial charge on any atom is -0.391 e. The lowest BCUT2D eigenvalue weighted by Crippen LogP contribution is -2.41. The Balaban J connectivity index is 2.68. The number of anilines is 1. The molecular weight excluding hydrogens is 170 g/mol. The zero-order valence-corrected chi connectivity index (χ0v) is 8.33. The third-order valence-corrected chi connectivity index (χ3v) is 2.00. The third-order valence-electron chi connectivity index (χ3n) is 2.00. The molecule has 74 valence electrons. The van der Waals surface area contributed by atoms with E-state index in [0.717, 1.165) is 0 Å². The second-order valence-electron chi connectivity index (χ2n) is 3.67. The number of hydrogen-bond acceptors (Lipinski definition) is 5. The van der Waals surface area contributed by atoms with Crippen molar-refractivity contribution in [3.05, 3.63) is 5.82 Å². The molecule has 0 amide bonds. The molecule has 1 atom stereocenters. The molecule has 13 heavy (non-hydrogen) atoms. The van der Waals surface area contributed by atoms with Gasteiger partial charge in [-0.25, -0.2) is 0 Å². The van der Waals surface area contributed by atoms with Gasteiger partial charge in [-0.3, -0.25) is 0 Å². The van der Waals surface area contributed by atoms with Gasteiger partial charge in [0.2, 0.25) is 0 Å². The van der Waals surface area contributed by atoms with Crippen LogP contribution in [0.15, 0.2) is 4.52 Å². The number of aliphatic hydroxyl groups is 1. The predicted molar refractivity (Wildman–Crippen MR) is 48.4 cm³/mol. The fourth-order valence-electron chi connectivity index (χ4n) is 0.728. The minimum absolute atomic E-state index is 0.336. The Morgan fingerprint density at radius 3 is 2.54 bits per heavy atom. The smallest absolute Gasteiger partial charge is 0.321 e.